The van der Waals surface area contributed by atoms with Crippen molar-refractivity contribution in [3.8, 4) is 17.1 Å². The summed E-state index contributed by atoms with van der Waals surface area (Å²) >= 11 is 6.50. The van der Waals surface area contributed by atoms with Crippen LogP contribution in [0.2, 0.25) is 5.02 Å². The van der Waals surface area contributed by atoms with Gasteiger partial charge in [0.25, 0.3) is 0 Å². The van der Waals surface area contributed by atoms with Gasteiger partial charge in [-0.05, 0) is 90.8 Å². The zero-order valence-corrected chi connectivity index (χ0v) is 24.7. The molecule has 0 amide bonds. The lowest BCUT2D eigenvalue weighted by atomic mass is 10.0. The van der Waals surface area contributed by atoms with E-state index >= 15 is 0 Å². The summed E-state index contributed by atoms with van der Waals surface area (Å²) in [5, 5.41) is 17.2. The van der Waals surface area contributed by atoms with Crippen molar-refractivity contribution in [3.05, 3.63) is 137 Å². The third-order valence-corrected chi connectivity index (χ3v) is 7.47. The van der Waals surface area contributed by atoms with Gasteiger partial charge in [-0.3, -0.25) is 0 Å². The molecule has 0 aliphatic rings. The zero-order chi connectivity index (χ0) is 31.2. The summed E-state index contributed by atoms with van der Waals surface area (Å²) < 4.78 is 25.4. The number of anilines is 2. The van der Waals surface area contributed by atoms with Gasteiger partial charge in [0.2, 0.25) is 0 Å². The predicted octanol–water partition coefficient (Wildman–Crippen LogP) is 8.04. The Morgan fingerprint density at radius 3 is 2.69 bits per heavy atom. The molecular weight excluding hydrogens is 595 g/mol. The lowest BCUT2D eigenvalue weighted by Gasteiger charge is -2.12. The van der Waals surface area contributed by atoms with E-state index in [1.807, 2.05) is 48.5 Å². The van der Waals surface area contributed by atoms with E-state index in [0.717, 1.165) is 27.8 Å². The van der Waals surface area contributed by atoms with Crippen LogP contribution in [0.5, 0.6) is 5.75 Å². The van der Waals surface area contributed by atoms with Crippen LogP contribution in [0.1, 0.15) is 27.2 Å². The Morgan fingerprint density at radius 1 is 0.956 bits per heavy atom. The molecule has 3 N–H and O–H groups in total. The predicted molar refractivity (Wildman–Crippen MR) is 172 cm³/mol. The molecule has 6 aromatic rings. The highest BCUT2D eigenvalue weighted by atomic mass is 35.5. The Morgan fingerprint density at radius 2 is 1.84 bits per heavy atom. The minimum atomic E-state index is -0.925. The molecule has 0 fully saturated rings. The number of carbonyl (C=O) groups is 1. The topological polar surface area (TPSA) is 110 Å². The number of benzene rings is 4. The normalized spacial score (nSPS) is 11.1. The molecule has 0 unspecified atom stereocenters. The van der Waals surface area contributed by atoms with Crippen LogP contribution in [0.15, 0.2) is 108 Å². The van der Waals surface area contributed by atoms with Gasteiger partial charge in [0.05, 0.1) is 22.6 Å². The number of aromatic carboxylic acids is 1. The molecule has 226 valence electrons. The molecule has 8 nitrogen and oxygen atoms in total. The van der Waals surface area contributed by atoms with Gasteiger partial charge in [-0.2, -0.15) is 0 Å². The fourth-order valence-electron chi connectivity index (χ4n) is 4.94. The fraction of sp³-hybridized carbons (Fsp3) is 0.114. The number of ether oxygens (including phenoxy) is 1. The molecule has 45 heavy (non-hydrogen) atoms. The first-order valence-corrected chi connectivity index (χ1v) is 14.6. The lowest BCUT2D eigenvalue weighted by Crippen LogP contribution is -2.17. The maximum Gasteiger partial charge on any atom is 0.335 e. The van der Waals surface area contributed by atoms with E-state index in [0.29, 0.717) is 58.7 Å². The van der Waals surface area contributed by atoms with Crippen molar-refractivity contribution in [2.24, 2.45) is 0 Å². The monoisotopic (exact) mass is 622 g/mol. The SMILES string of the molecule is O=C(O)c1ccccc1CCNCc1ccc(-c2ccc3ncnc(Nc4ccc(OCc5cccc(F)c5)c(Cl)c4)c3c2)o1. The third-order valence-electron chi connectivity index (χ3n) is 7.18. The molecule has 2 heterocycles. The minimum absolute atomic E-state index is 0.190. The molecule has 0 aliphatic heterocycles. The molecule has 0 saturated carbocycles. The van der Waals surface area contributed by atoms with Crippen molar-refractivity contribution in [1.29, 1.82) is 0 Å². The van der Waals surface area contributed by atoms with Gasteiger partial charge >= 0.3 is 5.97 Å². The number of rotatable bonds is 12. The van der Waals surface area contributed by atoms with Crippen molar-refractivity contribution in [2.45, 2.75) is 19.6 Å². The summed E-state index contributed by atoms with van der Waals surface area (Å²) in [7, 11) is 0. The first-order valence-electron chi connectivity index (χ1n) is 14.2. The standard InChI is InChI=1S/C35H28ClFN4O4/c36-30-18-26(9-12-33(30)44-20-22-4-3-6-25(37)16-22)41-34-29-17-24(8-11-31(29)39-21-40-34)32-13-10-27(45-32)19-38-15-14-23-5-1-2-7-28(23)35(42)43/h1-13,16-18,21,38H,14-15,19-20H2,(H,42,43)(H,39,40,41). The Hall–Kier alpha value is -5.25. The van der Waals surface area contributed by atoms with Crippen LogP contribution in [-0.2, 0) is 19.6 Å². The third kappa shape index (κ3) is 7.29. The van der Waals surface area contributed by atoms with E-state index in [4.69, 9.17) is 20.8 Å². The highest BCUT2D eigenvalue weighted by molar-refractivity contribution is 6.32. The average molecular weight is 623 g/mol. The van der Waals surface area contributed by atoms with Gasteiger partial charge in [0.15, 0.2) is 0 Å². The summed E-state index contributed by atoms with van der Waals surface area (Å²) in [4.78, 5) is 20.3. The Labute approximate surface area is 263 Å². The maximum absolute atomic E-state index is 13.5. The zero-order valence-electron chi connectivity index (χ0n) is 24.0. The number of carboxylic acids is 1. The molecule has 0 bridgehead atoms. The molecule has 4 aromatic carbocycles. The van der Waals surface area contributed by atoms with Crippen molar-refractivity contribution in [3.63, 3.8) is 0 Å². The number of aromatic nitrogens is 2. The van der Waals surface area contributed by atoms with E-state index in [1.165, 1.54) is 18.5 Å². The quantitative estimate of drug-likeness (QED) is 0.118. The first-order chi connectivity index (χ1) is 21.9. The van der Waals surface area contributed by atoms with Gasteiger partial charge in [0.1, 0.15) is 41.8 Å². The smallest absolute Gasteiger partial charge is 0.335 e. The van der Waals surface area contributed by atoms with Crippen LogP contribution >= 0.6 is 11.6 Å². The largest absolute Gasteiger partial charge is 0.487 e. The summed E-state index contributed by atoms with van der Waals surface area (Å²) in [6.45, 7) is 1.30. The Kier molecular flexibility index (Phi) is 9.00. The van der Waals surface area contributed by atoms with Gasteiger partial charge in [-0.1, -0.05) is 41.9 Å². The summed E-state index contributed by atoms with van der Waals surface area (Å²) in [6, 6.07) is 28.2. The van der Waals surface area contributed by atoms with Crippen molar-refractivity contribution in [2.75, 3.05) is 11.9 Å². The van der Waals surface area contributed by atoms with Crippen molar-refractivity contribution >= 4 is 40.0 Å². The highest BCUT2D eigenvalue weighted by Crippen LogP contribution is 2.33. The van der Waals surface area contributed by atoms with Gasteiger partial charge in [0, 0.05) is 16.6 Å². The molecule has 0 aliphatic carbocycles. The molecule has 0 saturated heterocycles. The van der Waals surface area contributed by atoms with Crippen molar-refractivity contribution < 1.29 is 23.4 Å². The number of furan rings is 1. The summed E-state index contributed by atoms with van der Waals surface area (Å²) in [5.41, 5.74) is 4.14. The summed E-state index contributed by atoms with van der Waals surface area (Å²) in [6.07, 6.45) is 2.08. The second-order valence-corrected chi connectivity index (χ2v) is 10.7. The first kappa shape index (κ1) is 29.8. The van der Waals surface area contributed by atoms with Crippen LogP contribution in [-0.4, -0.2) is 27.6 Å². The molecule has 6 rings (SSSR count). The van der Waals surface area contributed by atoms with E-state index in [-0.39, 0.29) is 12.4 Å². The van der Waals surface area contributed by atoms with Crippen LogP contribution in [0, 0.1) is 5.82 Å². The second-order valence-electron chi connectivity index (χ2n) is 10.3. The number of nitrogens with one attached hydrogen (secondary N) is 2. The van der Waals surface area contributed by atoms with Gasteiger partial charge < -0.3 is 24.9 Å². The summed E-state index contributed by atoms with van der Waals surface area (Å²) in [5.74, 6) is 1.29. The Balaban J connectivity index is 1.11. The van der Waals surface area contributed by atoms with E-state index in [1.54, 1.807) is 36.4 Å². The number of fused-ring (bicyclic) bond motifs is 1. The van der Waals surface area contributed by atoms with Crippen LogP contribution in [0.25, 0.3) is 22.2 Å². The van der Waals surface area contributed by atoms with E-state index < -0.39 is 5.97 Å². The van der Waals surface area contributed by atoms with E-state index in [2.05, 4.69) is 20.6 Å². The number of carboxylic acid groups (broad SMARTS) is 1. The number of nitrogens with zero attached hydrogens (tertiary/aromatic N) is 2. The van der Waals surface area contributed by atoms with Gasteiger partial charge in [-0.15, -0.1) is 0 Å². The number of hydrogen-bond donors (Lipinski definition) is 3. The lowest BCUT2D eigenvalue weighted by molar-refractivity contribution is 0.0695. The molecular formula is C35H28ClFN4O4. The average Bonchev–Trinajstić information content (AvgIpc) is 3.52. The molecule has 10 heteroatoms. The van der Waals surface area contributed by atoms with Crippen LogP contribution in [0.4, 0.5) is 15.9 Å². The fourth-order valence-corrected chi connectivity index (χ4v) is 5.17. The number of halogens is 2. The van der Waals surface area contributed by atoms with E-state index in [9.17, 15) is 14.3 Å². The molecule has 2 aromatic heterocycles. The Bertz CT molecular complexity index is 1980. The maximum atomic E-state index is 13.5. The van der Waals surface area contributed by atoms with Crippen LogP contribution < -0.4 is 15.4 Å². The van der Waals surface area contributed by atoms with Gasteiger partial charge in [-0.25, -0.2) is 19.2 Å². The highest BCUT2D eigenvalue weighted by Gasteiger charge is 2.12. The molecule has 0 spiro atoms. The van der Waals surface area contributed by atoms with Crippen LogP contribution in [0.3, 0.4) is 0 Å². The minimum Gasteiger partial charge on any atom is -0.487 e. The second kappa shape index (κ2) is 13.6. The van der Waals surface area contributed by atoms with Crippen molar-refractivity contribution in [1.82, 2.24) is 15.3 Å². The molecule has 0 radical (unpaired) electrons. The molecule has 0 atom stereocenters. The number of hydrogen-bond acceptors (Lipinski definition) is 7.